The summed E-state index contributed by atoms with van der Waals surface area (Å²) >= 11 is 0. The summed E-state index contributed by atoms with van der Waals surface area (Å²) in [6.45, 7) is 2.16. The maximum absolute atomic E-state index is 5.00. The van der Waals surface area contributed by atoms with Crippen LogP contribution in [0.25, 0.3) is 66.3 Å². The molecular weight excluding hydrogens is 833 g/mol. The Hall–Kier alpha value is -6.48. The minimum atomic E-state index is 0.360. The van der Waals surface area contributed by atoms with Crippen molar-refractivity contribution in [2.75, 3.05) is 13.1 Å². The van der Waals surface area contributed by atoms with Crippen LogP contribution >= 0.6 is 0 Å². The maximum Gasteiger partial charge on any atom is 0.123 e. The van der Waals surface area contributed by atoms with Gasteiger partial charge in [0.15, 0.2) is 0 Å². The van der Waals surface area contributed by atoms with Crippen LogP contribution in [0.5, 0.6) is 0 Å². The Bertz CT molecular complexity index is 3240. The van der Waals surface area contributed by atoms with Crippen molar-refractivity contribution in [3.8, 4) is 44.8 Å². The van der Waals surface area contributed by atoms with Crippen molar-refractivity contribution >= 4 is 44.3 Å². The van der Waals surface area contributed by atoms with Crippen molar-refractivity contribution in [3.05, 3.63) is 144 Å². The molecule has 6 heterocycles. The molecule has 68 heavy (non-hydrogen) atoms. The highest BCUT2D eigenvalue weighted by molar-refractivity contribution is 5.98. The molecule has 8 heteroatoms. The highest BCUT2D eigenvalue weighted by Gasteiger charge is 2.27. The highest BCUT2D eigenvalue weighted by Crippen LogP contribution is 2.40. The Balaban J connectivity index is 0.000000134. The van der Waals surface area contributed by atoms with E-state index < -0.39 is 0 Å². The molecule has 4 fully saturated rings. The van der Waals surface area contributed by atoms with Gasteiger partial charge in [-0.3, -0.25) is 9.98 Å². The van der Waals surface area contributed by atoms with Gasteiger partial charge in [-0.05, 0) is 180 Å². The first-order chi connectivity index (χ1) is 33.6. The molecule has 8 aromatic rings. The number of aromatic amines is 2. The highest BCUT2D eigenvalue weighted by atomic mass is 15.0. The average Bonchev–Trinajstić information content (AvgIpc) is 4.24. The van der Waals surface area contributed by atoms with Gasteiger partial charge in [0.05, 0.1) is 47.2 Å². The lowest BCUT2D eigenvalue weighted by molar-refractivity contribution is 0.613. The number of fused-ring (bicyclic) bond motifs is 4. The van der Waals surface area contributed by atoms with Gasteiger partial charge in [-0.25, -0.2) is 9.97 Å². The number of hydrogen-bond donors (Lipinski definition) is 4. The van der Waals surface area contributed by atoms with Gasteiger partial charge in [-0.1, -0.05) is 86.3 Å². The standard InChI is InChI=1S/2C30H30N4/c1-2-5-20(4-1)28-17-25-15-22(11-12-26(25)33-28)21-9-7-19-8-10-23(16-24(19)14-21)29-18-32-30(34-29)27-6-3-13-31-27;1-2-5-19(4-1)28-17-25-16-23(11-12-26(25)33-28)20-7-8-22-15-24(10-9-21(22)14-20)29-18-32-30(34-29)27-6-3-13-31-27/h7-12,14-16,18,20,27,31H,1-6,13,17H2,(H,32,34);7-12,14-16,18-19,27,31H,1-6,13,17H2,(H,32,34)/t2*27-/m00/s1. The maximum atomic E-state index is 5.00. The summed E-state index contributed by atoms with van der Waals surface area (Å²) in [4.78, 5) is 26.4. The Morgan fingerprint density at radius 1 is 0.382 bits per heavy atom. The third-order valence-corrected chi connectivity index (χ3v) is 16.0. The quantitative estimate of drug-likeness (QED) is 0.122. The van der Waals surface area contributed by atoms with Gasteiger partial charge in [0.2, 0.25) is 0 Å². The van der Waals surface area contributed by atoms with Crippen LogP contribution in [0.2, 0.25) is 0 Å². The first-order valence-electron chi connectivity index (χ1n) is 25.7. The number of hydrogen-bond acceptors (Lipinski definition) is 6. The SMILES string of the molecule is c1cc2c(cc1-c1ccc3cc(-c4cnc([C@@H]5CCCN5)[nH]4)ccc3c1)CC(C1CCCC1)=N2.c1cc2c(cc1-c1ccc3ccc(-c4cnc([C@@H]5CCCN5)[nH]4)cc3c1)CC(C1CCCC1)=N2. The van der Waals surface area contributed by atoms with E-state index in [1.807, 2.05) is 12.4 Å². The molecule has 340 valence electrons. The molecule has 2 aliphatic carbocycles. The Morgan fingerprint density at radius 3 is 1.28 bits per heavy atom. The topological polar surface area (TPSA) is 106 Å². The van der Waals surface area contributed by atoms with E-state index in [2.05, 4.69) is 140 Å². The van der Waals surface area contributed by atoms with Gasteiger partial charge in [0.1, 0.15) is 11.6 Å². The summed E-state index contributed by atoms with van der Waals surface area (Å²) in [6.07, 6.45) is 21.5. The molecule has 0 spiro atoms. The Kier molecular flexibility index (Phi) is 11.0. The van der Waals surface area contributed by atoms with Crippen LogP contribution in [0.15, 0.2) is 132 Å². The largest absolute Gasteiger partial charge is 0.341 e. The predicted octanol–water partition coefficient (Wildman–Crippen LogP) is 14.3. The van der Waals surface area contributed by atoms with Gasteiger partial charge in [-0.2, -0.15) is 0 Å². The zero-order valence-corrected chi connectivity index (χ0v) is 39.0. The Labute approximate surface area is 399 Å². The van der Waals surface area contributed by atoms with Crippen LogP contribution < -0.4 is 10.6 Å². The first-order valence-corrected chi connectivity index (χ1v) is 25.7. The van der Waals surface area contributed by atoms with E-state index in [-0.39, 0.29) is 0 Å². The van der Waals surface area contributed by atoms with Crippen molar-refractivity contribution < 1.29 is 0 Å². The van der Waals surface area contributed by atoms with E-state index in [4.69, 9.17) is 9.98 Å². The second-order valence-corrected chi connectivity index (χ2v) is 20.4. The second kappa shape index (κ2) is 17.9. The molecule has 14 rings (SSSR count). The molecule has 0 unspecified atom stereocenters. The normalized spacial score (nSPS) is 20.2. The second-order valence-electron chi connectivity index (χ2n) is 20.4. The smallest absolute Gasteiger partial charge is 0.123 e. The van der Waals surface area contributed by atoms with Crippen molar-refractivity contribution in [2.24, 2.45) is 21.8 Å². The molecule has 4 N–H and O–H groups in total. The van der Waals surface area contributed by atoms with Crippen LogP contribution in [0, 0.1) is 11.8 Å². The van der Waals surface area contributed by atoms with Crippen molar-refractivity contribution in [3.63, 3.8) is 0 Å². The predicted molar refractivity (Wildman–Crippen MR) is 279 cm³/mol. The minimum absolute atomic E-state index is 0.360. The van der Waals surface area contributed by atoms with Crippen molar-refractivity contribution in [1.82, 2.24) is 30.6 Å². The third-order valence-electron chi connectivity index (χ3n) is 16.0. The van der Waals surface area contributed by atoms with E-state index in [1.165, 1.54) is 153 Å². The van der Waals surface area contributed by atoms with Crippen LogP contribution in [-0.2, 0) is 12.8 Å². The number of H-pyrrole nitrogens is 2. The van der Waals surface area contributed by atoms with E-state index >= 15 is 0 Å². The number of aromatic nitrogens is 4. The first kappa shape index (κ1) is 41.7. The molecule has 0 radical (unpaired) electrons. The lowest BCUT2D eigenvalue weighted by Crippen LogP contribution is -2.14. The fourth-order valence-corrected chi connectivity index (χ4v) is 12.1. The Morgan fingerprint density at radius 2 is 0.794 bits per heavy atom. The van der Waals surface area contributed by atoms with Crippen molar-refractivity contribution in [1.29, 1.82) is 0 Å². The summed E-state index contributed by atoms with van der Waals surface area (Å²) in [5, 5.41) is 12.1. The van der Waals surface area contributed by atoms with Gasteiger partial charge in [0.25, 0.3) is 0 Å². The molecule has 2 atom stereocenters. The molecule has 2 saturated carbocycles. The zero-order chi connectivity index (χ0) is 45.0. The molecule has 4 aliphatic heterocycles. The summed E-state index contributed by atoms with van der Waals surface area (Å²) in [7, 11) is 0. The summed E-state index contributed by atoms with van der Waals surface area (Å²) in [6, 6.07) is 41.4. The number of rotatable bonds is 8. The summed E-state index contributed by atoms with van der Waals surface area (Å²) in [5.41, 5.74) is 17.6. The van der Waals surface area contributed by atoms with Gasteiger partial charge in [-0.15, -0.1) is 0 Å². The van der Waals surface area contributed by atoms with Crippen molar-refractivity contribution in [2.45, 2.75) is 102 Å². The number of imidazole rings is 2. The lowest BCUT2D eigenvalue weighted by Gasteiger charge is -2.09. The van der Waals surface area contributed by atoms with Crippen LogP contribution in [0.3, 0.4) is 0 Å². The molecule has 0 amide bonds. The molecule has 6 aromatic carbocycles. The molecular formula is C60H60N8. The zero-order valence-electron chi connectivity index (χ0n) is 39.0. The molecule has 2 saturated heterocycles. The fourth-order valence-electron chi connectivity index (χ4n) is 12.1. The van der Waals surface area contributed by atoms with Gasteiger partial charge in [0, 0.05) is 35.4 Å². The van der Waals surface area contributed by atoms with E-state index in [9.17, 15) is 0 Å². The summed E-state index contributed by atoms with van der Waals surface area (Å²) < 4.78 is 0. The molecule has 8 nitrogen and oxygen atoms in total. The molecule has 6 aliphatic rings. The van der Waals surface area contributed by atoms with E-state index in [1.54, 1.807) is 0 Å². The number of nitrogens with zero attached hydrogens (tertiary/aromatic N) is 4. The minimum Gasteiger partial charge on any atom is -0.341 e. The molecule has 0 bridgehead atoms. The number of nitrogens with one attached hydrogen (secondary N) is 4. The van der Waals surface area contributed by atoms with Crippen LogP contribution in [-0.4, -0.2) is 44.4 Å². The molecule has 2 aromatic heterocycles. The van der Waals surface area contributed by atoms with Gasteiger partial charge >= 0.3 is 0 Å². The van der Waals surface area contributed by atoms with E-state index in [0.717, 1.165) is 61.8 Å². The van der Waals surface area contributed by atoms with Crippen LogP contribution in [0.1, 0.15) is 112 Å². The average molecular weight is 893 g/mol. The fraction of sp³-hybridized carbons (Fsp3) is 0.333. The van der Waals surface area contributed by atoms with Gasteiger partial charge < -0.3 is 20.6 Å². The van der Waals surface area contributed by atoms with Crippen LogP contribution in [0.4, 0.5) is 11.4 Å². The van der Waals surface area contributed by atoms with E-state index in [0.29, 0.717) is 23.9 Å². The third kappa shape index (κ3) is 8.21. The number of benzene rings is 6. The lowest BCUT2D eigenvalue weighted by atomic mass is 9.95. The number of aliphatic imine (C=N–C) groups is 2. The summed E-state index contributed by atoms with van der Waals surface area (Å²) in [5.74, 6) is 3.53. The monoisotopic (exact) mass is 892 g/mol.